The van der Waals surface area contributed by atoms with Crippen molar-refractivity contribution >= 4 is 21.6 Å². The first-order valence-corrected chi connectivity index (χ1v) is 10.8. The number of benzene rings is 2. The van der Waals surface area contributed by atoms with Gasteiger partial charge in [-0.3, -0.25) is 9.10 Å². The van der Waals surface area contributed by atoms with Crippen LogP contribution in [0.5, 0.6) is 11.5 Å². The second-order valence-electron chi connectivity index (χ2n) is 6.92. The molecule has 150 valence electrons. The average molecular weight is 404 g/mol. The summed E-state index contributed by atoms with van der Waals surface area (Å²) in [5.41, 5.74) is 2.33. The Hall–Kier alpha value is -2.74. The Balaban J connectivity index is 1.63. The molecule has 0 aromatic heterocycles. The Kier molecular flexibility index (Phi) is 5.79. The normalized spacial score (nSPS) is 15.8. The molecule has 7 nitrogen and oxygen atoms in total. The van der Waals surface area contributed by atoms with Crippen molar-refractivity contribution < 1.29 is 22.7 Å². The highest BCUT2D eigenvalue weighted by Crippen LogP contribution is 2.30. The summed E-state index contributed by atoms with van der Waals surface area (Å²) in [4.78, 5) is 12.4. The van der Waals surface area contributed by atoms with Crippen LogP contribution < -0.4 is 19.1 Å². The van der Waals surface area contributed by atoms with Crippen LogP contribution in [0.4, 0.5) is 5.69 Å². The van der Waals surface area contributed by atoms with Gasteiger partial charge in [-0.1, -0.05) is 18.2 Å². The zero-order chi connectivity index (χ0) is 20.3. The van der Waals surface area contributed by atoms with Gasteiger partial charge < -0.3 is 14.8 Å². The molecule has 1 heterocycles. The molecule has 1 atom stereocenters. The van der Waals surface area contributed by atoms with Crippen LogP contribution in [-0.2, 0) is 14.8 Å². The number of rotatable bonds is 6. The van der Waals surface area contributed by atoms with Crippen molar-refractivity contribution in [3.05, 3.63) is 53.6 Å². The summed E-state index contributed by atoms with van der Waals surface area (Å²) in [7, 11) is -3.61. The molecule has 0 aliphatic carbocycles. The molecule has 2 aromatic rings. The van der Waals surface area contributed by atoms with Crippen LogP contribution in [0.15, 0.2) is 42.5 Å². The van der Waals surface area contributed by atoms with E-state index in [0.29, 0.717) is 23.8 Å². The molecular weight excluding hydrogens is 380 g/mol. The van der Waals surface area contributed by atoms with Crippen molar-refractivity contribution in [1.29, 1.82) is 0 Å². The van der Waals surface area contributed by atoms with Gasteiger partial charge in [0.15, 0.2) is 11.5 Å². The first kappa shape index (κ1) is 20.0. The highest BCUT2D eigenvalue weighted by molar-refractivity contribution is 7.92. The number of nitrogens with zero attached hydrogens (tertiary/aromatic N) is 1. The van der Waals surface area contributed by atoms with Crippen molar-refractivity contribution in [3.63, 3.8) is 0 Å². The standard InChI is InChI=1S/C20H24N2O5S/c1-14-8-15(2)10-16(9-14)22(28(3,24)25)12-20(23)21-11-17-13-26-18-6-4-5-7-19(18)27-17/h4-10,17H,11-13H2,1-3H3,(H,21,23)/t17-/m1/s1. The molecule has 0 unspecified atom stereocenters. The molecule has 2 aromatic carbocycles. The highest BCUT2D eigenvalue weighted by atomic mass is 32.2. The summed E-state index contributed by atoms with van der Waals surface area (Å²) < 4.78 is 37.0. The number of aryl methyl sites for hydroxylation is 2. The number of sulfonamides is 1. The fraction of sp³-hybridized carbons (Fsp3) is 0.350. The summed E-state index contributed by atoms with van der Waals surface area (Å²) >= 11 is 0. The smallest absolute Gasteiger partial charge is 0.240 e. The van der Waals surface area contributed by atoms with E-state index in [1.807, 2.05) is 38.1 Å². The number of para-hydroxylation sites is 2. The molecule has 0 saturated carbocycles. The van der Waals surface area contributed by atoms with Gasteiger partial charge in [-0.15, -0.1) is 0 Å². The molecule has 0 fully saturated rings. The minimum absolute atomic E-state index is 0.220. The monoisotopic (exact) mass is 404 g/mol. The van der Waals surface area contributed by atoms with Crippen LogP contribution >= 0.6 is 0 Å². The quantitative estimate of drug-likeness (QED) is 0.796. The van der Waals surface area contributed by atoms with Crippen LogP contribution in [0.25, 0.3) is 0 Å². The topological polar surface area (TPSA) is 84.9 Å². The van der Waals surface area contributed by atoms with E-state index in [1.54, 1.807) is 18.2 Å². The summed E-state index contributed by atoms with van der Waals surface area (Å²) in [6, 6.07) is 12.8. The van der Waals surface area contributed by atoms with Gasteiger partial charge in [-0.05, 0) is 49.2 Å². The van der Waals surface area contributed by atoms with E-state index in [1.165, 1.54) is 0 Å². The SMILES string of the molecule is Cc1cc(C)cc(N(CC(=O)NC[C@@H]2COc3ccccc3O2)S(C)(=O)=O)c1. The fourth-order valence-corrected chi connectivity index (χ4v) is 3.91. The molecule has 0 radical (unpaired) electrons. The van der Waals surface area contributed by atoms with E-state index in [0.717, 1.165) is 21.7 Å². The number of anilines is 1. The molecule has 1 aliphatic heterocycles. The number of carbonyl (C=O) groups excluding carboxylic acids is 1. The molecule has 0 saturated heterocycles. The van der Waals surface area contributed by atoms with Crippen LogP contribution in [0.2, 0.25) is 0 Å². The predicted molar refractivity (Wildman–Crippen MR) is 107 cm³/mol. The van der Waals surface area contributed by atoms with Gasteiger partial charge >= 0.3 is 0 Å². The minimum Gasteiger partial charge on any atom is -0.486 e. The second kappa shape index (κ2) is 8.10. The number of hydrogen-bond donors (Lipinski definition) is 1. The van der Waals surface area contributed by atoms with E-state index in [2.05, 4.69) is 5.32 Å². The maximum atomic E-state index is 12.4. The van der Waals surface area contributed by atoms with Gasteiger partial charge in [0.2, 0.25) is 15.9 Å². The minimum atomic E-state index is -3.61. The number of carbonyl (C=O) groups is 1. The number of nitrogens with one attached hydrogen (secondary N) is 1. The molecule has 8 heteroatoms. The van der Waals surface area contributed by atoms with Gasteiger partial charge in [0, 0.05) is 0 Å². The van der Waals surface area contributed by atoms with Crippen LogP contribution in [0.1, 0.15) is 11.1 Å². The number of hydrogen-bond acceptors (Lipinski definition) is 5. The van der Waals surface area contributed by atoms with E-state index < -0.39 is 15.9 Å². The predicted octanol–water partition coefficient (Wildman–Crippen LogP) is 2.03. The van der Waals surface area contributed by atoms with Gasteiger partial charge in [0.1, 0.15) is 19.3 Å². The third-order valence-electron chi connectivity index (χ3n) is 4.28. The molecular formula is C20H24N2O5S. The van der Waals surface area contributed by atoms with Crippen LogP contribution in [0, 0.1) is 13.8 Å². The van der Waals surface area contributed by atoms with Gasteiger partial charge in [0.25, 0.3) is 0 Å². The van der Waals surface area contributed by atoms with E-state index >= 15 is 0 Å². The number of amides is 1. The number of ether oxygens (including phenoxy) is 2. The third kappa shape index (κ3) is 4.95. The fourth-order valence-electron chi connectivity index (χ4n) is 3.07. The summed E-state index contributed by atoms with van der Waals surface area (Å²) in [6.45, 7) is 4.00. The maximum Gasteiger partial charge on any atom is 0.240 e. The lowest BCUT2D eigenvalue weighted by Gasteiger charge is -2.27. The third-order valence-corrected chi connectivity index (χ3v) is 5.42. The second-order valence-corrected chi connectivity index (χ2v) is 8.82. The Morgan fingerprint density at radius 3 is 2.43 bits per heavy atom. The number of fused-ring (bicyclic) bond motifs is 1. The molecule has 3 rings (SSSR count). The molecule has 0 spiro atoms. The zero-order valence-electron chi connectivity index (χ0n) is 16.1. The van der Waals surface area contributed by atoms with E-state index in [4.69, 9.17) is 9.47 Å². The maximum absolute atomic E-state index is 12.4. The Morgan fingerprint density at radius 2 is 1.79 bits per heavy atom. The molecule has 1 N–H and O–H groups in total. The average Bonchev–Trinajstić information content (AvgIpc) is 2.62. The lowest BCUT2D eigenvalue weighted by Crippen LogP contribution is -2.45. The summed E-state index contributed by atoms with van der Waals surface area (Å²) in [6.07, 6.45) is 0.749. The Bertz CT molecular complexity index is 954. The van der Waals surface area contributed by atoms with Gasteiger partial charge in [-0.2, -0.15) is 0 Å². The lowest BCUT2D eigenvalue weighted by molar-refractivity contribution is -0.120. The first-order valence-electron chi connectivity index (χ1n) is 8.93. The molecule has 28 heavy (non-hydrogen) atoms. The van der Waals surface area contributed by atoms with Crippen molar-refractivity contribution in [2.75, 3.05) is 30.3 Å². The van der Waals surface area contributed by atoms with Crippen molar-refractivity contribution in [2.24, 2.45) is 0 Å². The zero-order valence-corrected chi connectivity index (χ0v) is 17.0. The largest absolute Gasteiger partial charge is 0.486 e. The summed E-state index contributed by atoms with van der Waals surface area (Å²) in [5, 5.41) is 2.73. The Morgan fingerprint density at radius 1 is 1.14 bits per heavy atom. The van der Waals surface area contributed by atoms with Crippen LogP contribution in [0.3, 0.4) is 0 Å². The lowest BCUT2D eigenvalue weighted by atomic mass is 10.1. The van der Waals surface area contributed by atoms with Crippen molar-refractivity contribution in [2.45, 2.75) is 20.0 Å². The molecule has 1 aliphatic rings. The van der Waals surface area contributed by atoms with Crippen LogP contribution in [-0.4, -0.2) is 46.4 Å². The van der Waals surface area contributed by atoms with E-state index in [9.17, 15) is 13.2 Å². The summed E-state index contributed by atoms with van der Waals surface area (Å²) in [5.74, 6) is 0.885. The van der Waals surface area contributed by atoms with E-state index in [-0.39, 0.29) is 19.2 Å². The molecule has 0 bridgehead atoms. The van der Waals surface area contributed by atoms with Gasteiger partial charge in [0.05, 0.1) is 18.5 Å². The van der Waals surface area contributed by atoms with Crippen molar-refractivity contribution in [3.8, 4) is 11.5 Å². The van der Waals surface area contributed by atoms with Gasteiger partial charge in [-0.25, -0.2) is 8.42 Å². The Labute approximate surface area is 165 Å². The van der Waals surface area contributed by atoms with Crippen molar-refractivity contribution in [1.82, 2.24) is 5.32 Å². The first-order chi connectivity index (χ1) is 13.2. The highest BCUT2D eigenvalue weighted by Gasteiger charge is 2.24. The molecule has 1 amide bonds.